The Hall–Kier alpha value is -3.10. The first-order chi connectivity index (χ1) is 14.2. The first-order valence-electron chi connectivity index (χ1n) is 9.29. The zero-order valence-corrected chi connectivity index (χ0v) is 17.8. The molecule has 140 valence electrons. The van der Waals surface area contributed by atoms with Crippen molar-refractivity contribution < 1.29 is 4.74 Å². The van der Waals surface area contributed by atoms with Crippen LogP contribution in [0.25, 0.3) is 22.4 Å². The van der Waals surface area contributed by atoms with E-state index in [9.17, 15) is 5.26 Å². The third kappa shape index (κ3) is 4.85. The standard InChI is InChI=1S/C26H18INO/c27-25-11-5-20(6-12-25)18-29-26-13-7-19(8-14-26)15-24(17-28)23-10-9-21-3-1-2-4-22(21)16-23/h1-16H,18H2/b24-15-. The largest absolute Gasteiger partial charge is 0.489 e. The molecule has 0 spiro atoms. The molecule has 0 aliphatic heterocycles. The Bertz CT molecular complexity index is 1200. The summed E-state index contributed by atoms with van der Waals surface area (Å²) < 4.78 is 7.07. The molecule has 29 heavy (non-hydrogen) atoms. The number of ether oxygens (including phenoxy) is 1. The van der Waals surface area contributed by atoms with E-state index in [0.717, 1.165) is 27.8 Å². The van der Waals surface area contributed by atoms with E-state index in [1.807, 2.05) is 48.5 Å². The smallest absolute Gasteiger partial charge is 0.119 e. The molecule has 0 aliphatic carbocycles. The van der Waals surface area contributed by atoms with Crippen molar-refractivity contribution in [2.24, 2.45) is 0 Å². The summed E-state index contributed by atoms with van der Waals surface area (Å²) in [5.74, 6) is 0.810. The van der Waals surface area contributed by atoms with Gasteiger partial charge in [0.2, 0.25) is 0 Å². The lowest BCUT2D eigenvalue weighted by molar-refractivity contribution is 0.306. The fraction of sp³-hybridized carbons (Fsp3) is 0.0385. The normalized spacial score (nSPS) is 11.2. The lowest BCUT2D eigenvalue weighted by Crippen LogP contribution is -1.95. The van der Waals surface area contributed by atoms with Crippen LogP contribution in [-0.2, 0) is 6.61 Å². The number of halogens is 1. The average Bonchev–Trinajstić information content (AvgIpc) is 2.77. The molecule has 0 aromatic heterocycles. The van der Waals surface area contributed by atoms with E-state index in [1.165, 1.54) is 8.96 Å². The Kier molecular flexibility index (Phi) is 5.92. The number of rotatable bonds is 5. The number of fused-ring (bicyclic) bond motifs is 1. The Labute approximate surface area is 184 Å². The van der Waals surface area contributed by atoms with E-state index >= 15 is 0 Å². The minimum atomic E-state index is 0.534. The van der Waals surface area contributed by atoms with Crippen LogP contribution in [0.2, 0.25) is 0 Å². The number of nitrogens with zero attached hydrogens (tertiary/aromatic N) is 1. The van der Waals surface area contributed by atoms with Crippen LogP contribution in [0.3, 0.4) is 0 Å². The van der Waals surface area contributed by atoms with Crippen LogP contribution in [-0.4, -0.2) is 0 Å². The van der Waals surface area contributed by atoms with Gasteiger partial charge in [-0.15, -0.1) is 0 Å². The molecule has 0 radical (unpaired) electrons. The van der Waals surface area contributed by atoms with Gasteiger partial charge in [0.25, 0.3) is 0 Å². The van der Waals surface area contributed by atoms with Crippen LogP contribution in [0.15, 0.2) is 91.0 Å². The minimum absolute atomic E-state index is 0.534. The quantitative estimate of drug-likeness (QED) is 0.171. The van der Waals surface area contributed by atoms with Gasteiger partial charge < -0.3 is 4.74 Å². The molecular formula is C26H18INO. The Balaban J connectivity index is 1.50. The van der Waals surface area contributed by atoms with E-state index in [-0.39, 0.29) is 0 Å². The van der Waals surface area contributed by atoms with Crippen molar-refractivity contribution >= 4 is 45.0 Å². The second-order valence-corrected chi connectivity index (χ2v) is 7.96. The van der Waals surface area contributed by atoms with E-state index in [1.54, 1.807) is 0 Å². The summed E-state index contributed by atoms with van der Waals surface area (Å²) in [7, 11) is 0. The van der Waals surface area contributed by atoms with E-state index in [2.05, 4.69) is 77.2 Å². The van der Waals surface area contributed by atoms with Gasteiger partial charge in [-0.2, -0.15) is 5.26 Å². The molecule has 0 amide bonds. The summed E-state index contributed by atoms with van der Waals surface area (Å²) >= 11 is 2.29. The predicted octanol–water partition coefficient (Wildman–Crippen LogP) is 7.09. The lowest BCUT2D eigenvalue weighted by Gasteiger charge is -2.07. The summed E-state index contributed by atoms with van der Waals surface area (Å²) in [5, 5.41) is 12.0. The van der Waals surface area contributed by atoms with Gasteiger partial charge >= 0.3 is 0 Å². The third-order valence-corrected chi connectivity index (χ3v) is 5.41. The maximum absolute atomic E-state index is 9.65. The first-order valence-corrected chi connectivity index (χ1v) is 10.4. The zero-order valence-electron chi connectivity index (χ0n) is 15.7. The highest BCUT2D eigenvalue weighted by molar-refractivity contribution is 14.1. The second-order valence-electron chi connectivity index (χ2n) is 6.72. The number of hydrogen-bond donors (Lipinski definition) is 0. The molecule has 0 unspecified atom stereocenters. The van der Waals surface area contributed by atoms with Crippen molar-refractivity contribution in [1.29, 1.82) is 5.26 Å². The van der Waals surface area contributed by atoms with Gasteiger partial charge in [0.15, 0.2) is 0 Å². The predicted molar refractivity (Wildman–Crippen MR) is 127 cm³/mol. The summed E-state index contributed by atoms with van der Waals surface area (Å²) in [6, 6.07) is 32.7. The number of benzene rings is 4. The molecule has 0 heterocycles. The Morgan fingerprint density at radius 3 is 2.31 bits per heavy atom. The average molecular weight is 487 g/mol. The molecular weight excluding hydrogens is 469 g/mol. The molecule has 4 aromatic rings. The highest BCUT2D eigenvalue weighted by atomic mass is 127. The number of allylic oxidation sites excluding steroid dienone is 1. The molecule has 0 saturated carbocycles. The van der Waals surface area contributed by atoms with Crippen LogP contribution in [0.1, 0.15) is 16.7 Å². The molecule has 0 saturated heterocycles. The van der Waals surface area contributed by atoms with Crippen molar-refractivity contribution in [3.05, 3.63) is 111 Å². The van der Waals surface area contributed by atoms with Crippen molar-refractivity contribution in [3.8, 4) is 11.8 Å². The van der Waals surface area contributed by atoms with Crippen LogP contribution in [0, 0.1) is 14.9 Å². The lowest BCUT2D eigenvalue weighted by atomic mass is 10.0. The van der Waals surface area contributed by atoms with E-state index in [4.69, 9.17) is 4.74 Å². The second kappa shape index (κ2) is 8.93. The highest BCUT2D eigenvalue weighted by Crippen LogP contribution is 2.24. The van der Waals surface area contributed by atoms with Gasteiger partial charge in [-0.25, -0.2) is 0 Å². The fourth-order valence-electron chi connectivity index (χ4n) is 3.11. The monoisotopic (exact) mass is 487 g/mol. The SMILES string of the molecule is N#C/C(=C/c1ccc(OCc2ccc(I)cc2)cc1)c1ccc2ccccc2c1. The molecule has 0 bridgehead atoms. The van der Waals surface area contributed by atoms with Gasteiger partial charge in [-0.1, -0.05) is 60.7 Å². The molecule has 0 aliphatic rings. The molecule has 0 atom stereocenters. The van der Waals surface area contributed by atoms with Crippen molar-refractivity contribution in [2.75, 3.05) is 0 Å². The van der Waals surface area contributed by atoms with Gasteiger partial charge in [0.05, 0.1) is 11.6 Å². The van der Waals surface area contributed by atoms with Crippen molar-refractivity contribution in [2.45, 2.75) is 6.61 Å². The Morgan fingerprint density at radius 1 is 0.862 bits per heavy atom. The maximum Gasteiger partial charge on any atom is 0.119 e. The fourth-order valence-corrected chi connectivity index (χ4v) is 3.47. The van der Waals surface area contributed by atoms with Crippen LogP contribution >= 0.6 is 22.6 Å². The zero-order chi connectivity index (χ0) is 20.1. The first kappa shape index (κ1) is 19.2. The molecule has 2 nitrogen and oxygen atoms in total. The molecule has 0 N–H and O–H groups in total. The summed E-state index contributed by atoms with van der Waals surface area (Å²) in [6.07, 6.45) is 1.91. The van der Waals surface area contributed by atoms with Crippen molar-refractivity contribution in [3.63, 3.8) is 0 Å². The molecule has 4 rings (SSSR count). The summed E-state index contributed by atoms with van der Waals surface area (Å²) in [4.78, 5) is 0. The highest BCUT2D eigenvalue weighted by Gasteiger charge is 2.03. The van der Waals surface area contributed by atoms with Crippen LogP contribution < -0.4 is 4.74 Å². The molecule has 4 aromatic carbocycles. The molecule has 3 heteroatoms. The maximum atomic E-state index is 9.65. The summed E-state index contributed by atoms with van der Waals surface area (Å²) in [5.41, 5.74) is 3.67. The van der Waals surface area contributed by atoms with Gasteiger partial charge in [0.1, 0.15) is 12.4 Å². The molecule has 0 fully saturated rings. The summed E-state index contributed by atoms with van der Waals surface area (Å²) in [6.45, 7) is 0.534. The van der Waals surface area contributed by atoms with Crippen LogP contribution in [0.4, 0.5) is 0 Å². The van der Waals surface area contributed by atoms with Crippen molar-refractivity contribution in [1.82, 2.24) is 0 Å². The van der Waals surface area contributed by atoms with Gasteiger partial charge in [-0.3, -0.25) is 0 Å². The Morgan fingerprint density at radius 2 is 1.59 bits per heavy atom. The van der Waals surface area contributed by atoms with Gasteiger partial charge in [0, 0.05) is 3.57 Å². The van der Waals surface area contributed by atoms with Crippen LogP contribution in [0.5, 0.6) is 5.75 Å². The third-order valence-electron chi connectivity index (χ3n) is 4.69. The minimum Gasteiger partial charge on any atom is -0.489 e. The van der Waals surface area contributed by atoms with Gasteiger partial charge in [-0.05, 0) is 86.5 Å². The van der Waals surface area contributed by atoms with E-state index in [0.29, 0.717) is 12.2 Å². The topological polar surface area (TPSA) is 33.0 Å². The number of hydrogen-bond acceptors (Lipinski definition) is 2. The number of nitriles is 1. The van der Waals surface area contributed by atoms with E-state index < -0.39 is 0 Å².